The molecular formula is C18H25N5O. The van der Waals surface area contributed by atoms with Crippen molar-refractivity contribution in [2.75, 3.05) is 27.2 Å². The highest BCUT2D eigenvalue weighted by Gasteiger charge is 2.32. The first-order chi connectivity index (χ1) is 11.6. The maximum atomic E-state index is 13.1. The molecule has 2 heterocycles. The largest absolute Gasteiger partial charge is 0.341 e. The summed E-state index contributed by atoms with van der Waals surface area (Å²) in [6.45, 7) is 3.59. The van der Waals surface area contributed by atoms with Crippen LogP contribution in [-0.2, 0) is 4.79 Å². The molecule has 0 bridgehead atoms. The van der Waals surface area contributed by atoms with E-state index >= 15 is 0 Å². The van der Waals surface area contributed by atoms with Crippen molar-refractivity contribution >= 4 is 5.91 Å². The number of aryl methyl sites for hydroxylation is 1. The summed E-state index contributed by atoms with van der Waals surface area (Å²) in [7, 11) is 3.94. The highest BCUT2D eigenvalue weighted by atomic mass is 16.2. The van der Waals surface area contributed by atoms with E-state index in [4.69, 9.17) is 0 Å². The molecule has 0 unspecified atom stereocenters. The Hall–Kier alpha value is -2.21. The summed E-state index contributed by atoms with van der Waals surface area (Å²) in [4.78, 5) is 21.4. The van der Waals surface area contributed by atoms with Crippen LogP contribution in [0.3, 0.4) is 0 Å². The van der Waals surface area contributed by atoms with Gasteiger partial charge in [-0.25, -0.2) is 4.98 Å². The first-order valence-electron chi connectivity index (χ1n) is 8.44. The monoisotopic (exact) mass is 327 g/mol. The maximum Gasteiger partial charge on any atom is 0.244 e. The average Bonchev–Trinajstić information content (AvgIpc) is 3.11. The predicted molar refractivity (Wildman–Crippen MR) is 92.5 cm³/mol. The Bertz CT molecular complexity index is 674. The molecular weight excluding hydrogens is 302 g/mol. The van der Waals surface area contributed by atoms with Crippen molar-refractivity contribution < 1.29 is 4.79 Å². The minimum absolute atomic E-state index is 0.185. The molecule has 6 heteroatoms. The second-order valence-electron chi connectivity index (χ2n) is 6.69. The van der Waals surface area contributed by atoms with Gasteiger partial charge in [-0.1, -0.05) is 24.3 Å². The number of nitrogens with zero attached hydrogens (tertiary/aromatic N) is 4. The summed E-state index contributed by atoms with van der Waals surface area (Å²) in [5.41, 5.74) is 2.24. The van der Waals surface area contributed by atoms with Crippen LogP contribution in [0.15, 0.2) is 30.6 Å². The SMILES string of the molecule is Cc1ccccc1[C@H](C(=O)N1CCC(c2ncn[nH]2)CC1)N(C)C. The number of amides is 1. The van der Waals surface area contributed by atoms with Crippen LogP contribution in [-0.4, -0.2) is 58.1 Å². The summed E-state index contributed by atoms with van der Waals surface area (Å²) in [6.07, 6.45) is 3.40. The molecule has 1 N–H and O–H groups in total. The number of hydrogen-bond donors (Lipinski definition) is 1. The quantitative estimate of drug-likeness (QED) is 0.934. The number of H-pyrrole nitrogens is 1. The lowest BCUT2D eigenvalue weighted by atomic mass is 9.94. The van der Waals surface area contributed by atoms with Crippen molar-refractivity contribution in [2.45, 2.75) is 31.7 Å². The van der Waals surface area contributed by atoms with Gasteiger partial charge in [-0.3, -0.25) is 14.8 Å². The number of hydrogen-bond acceptors (Lipinski definition) is 4. The summed E-state index contributed by atoms with van der Waals surface area (Å²) < 4.78 is 0. The lowest BCUT2D eigenvalue weighted by Gasteiger charge is -2.36. The molecule has 6 nitrogen and oxygen atoms in total. The van der Waals surface area contributed by atoms with Crippen LogP contribution in [0.4, 0.5) is 0 Å². The van der Waals surface area contributed by atoms with Gasteiger partial charge in [0.15, 0.2) is 0 Å². The fraction of sp³-hybridized carbons (Fsp3) is 0.500. The Morgan fingerprint density at radius 2 is 2.00 bits per heavy atom. The molecule has 24 heavy (non-hydrogen) atoms. The Morgan fingerprint density at radius 3 is 2.58 bits per heavy atom. The highest BCUT2D eigenvalue weighted by molar-refractivity contribution is 5.83. The van der Waals surface area contributed by atoms with E-state index in [1.54, 1.807) is 6.33 Å². The van der Waals surface area contributed by atoms with Crippen LogP contribution in [0.1, 0.15) is 41.8 Å². The second-order valence-corrected chi connectivity index (χ2v) is 6.69. The smallest absolute Gasteiger partial charge is 0.244 e. The average molecular weight is 327 g/mol. The molecule has 0 saturated carbocycles. The van der Waals surface area contributed by atoms with Gasteiger partial charge in [0.1, 0.15) is 18.2 Å². The number of likely N-dealkylation sites (N-methyl/N-ethyl adjacent to an activating group) is 1. The zero-order valence-corrected chi connectivity index (χ0v) is 14.6. The number of rotatable bonds is 4. The van der Waals surface area contributed by atoms with Crippen molar-refractivity contribution in [1.29, 1.82) is 0 Å². The number of aromatic nitrogens is 3. The van der Waals surface area contributed by atoms with Crippen LogP contribution < -0.4 is 0 Å². The molecule has 0 spiro atoms. The van der Waals surface area contributed by atoms with Crippen molar-refractivity contribution in [3.63, 3.8) is 0 Å². The Labute approximate surface area is 142 Å². The van der Waals surface area contributed by atoms with Gasteiger partial charge in [0, 0.05) is 19.0 Å². The Kier molecular flexibility index (Phi) is 4.94. The van der Waals surface area contributed by atoms with Crippen molar-refractivity contribution in [3.05, 3.63) is 47.5 Å². The number of carbonyl (C=O) groups excluding carboxylic acids is 1. The lowest BCUT2D eigenvalue weighted by Crippen LogP contribution is -2.44. The normalized spacial score (nSPS) is 17.2. The summed E-state index contributed by atoms with van der Waals surface area (Å²) in [5.74, 6) is 1.49. The summed E-state index contributed by atoms with van der Waals surface area (Å²) in [5, 5.41) is 6.88. The first kappa shape index (κ1) is 16.6. The Balaban J connectivity index is 1.72. The zero-order valence-electron chi connectivity index (χ0n) is 14.6. The molecule has 2 aromatic rings. The topological polar surface area (TPSA) is 65.1 Å². The number of carbonyl (C=O) groups is 1. The molecule has 1 aliphatic rings. The number of nitrogens with one attached hydrogen (secondary N) is 1. The van der Waals surface area contributed by atoms with E-state index in [-0.39, 0.29) is 11.9 Å². The molecule has 1 aromatic carbocycles. The lowest BCUT2D eigenvalue weighted by molar-refractivity contribution is -0.137. The standard InChI is InChI=1S/C18H25N5O/c1-13-6-4-5-7-15(13)16(22(2)3)18(24)23-10-8-14(9-11-23)17-19-12-20-21-17/h4-7,12,14,16H,8-11H2,1-3H3,(H,19,20,21)/t16-/m1/s1. The van der Waals surface area contributed by atoms with Crippen molar-refractivity contribution in [1.82, 2.24) is 25.0 Å². The summed E-state index contributed by atoms with van der Waals surface area (Å²) >= 11 is 0. The zero-order chi connectivity index (χ0) is 17.1. The van der Waals surface area contributed by atoms with Crippen LogP contribution in [0.2, 0.25) is 0 Å². The number of aromatic amines is 1. The van der Waals surface area contributed by atoms with E-state index in [0.29, 0.717) is 5.92 Å². The van der Waals surface area contributed by atoms with Crippen LogP contribution in [0, 0.1) is 6.92 Å². The first-order valence-corrected chi connectivity index (χ1v) is 8.44. The second kappa shape index (κ2) is 7.13. The molecule has 1 aromatic heterocycles. The molecule has 0 aliphatic carbocycles. The van der Waals surface area contributed by atoms with E-state index in [9.17, 15) is 4.79 Å². The van der Waals surface area contributed by atoms with Gasteiger partial charge in [0.25, 0.3) is 0 Å². The fourth-order valence-electron chi connectivity index (χ4n) is 3.48. The van der Waals surface area contributed by atoms with Crippen LogP contribution >= 0.6 is 0 Å². The van der Waals surface area contributed by atoms with E-state index in [2.05, 4.69) is 34.2 Å². The molecule has 1 saturated heterocycles. The van der Waals surface area contributed by atoms with Gasteiger partial charge in [-0.15, -0.1) is 0 Å². The molecule has 128 valence electrons. The minimum Gasteiger partial charge on any atom is -0.341 e. The molecule has 1 aliphatic heterocycles. The predicted octanol–water partition coefficient (Wildman–Crippen LogP) is 2.12. The van der Waals surface area contributed by atoms with E-state index in [1.165, 1.54) is 0 Å². The van der Waals surface area contributed by atoms with Crippen LogP contribution in [0.25, 0.3) is 0 Å². The van der Waals surface area contributed by atoms with Gasteiger partial charge in [-0.2, -0.15) is 5.10 Å². The maximum absolute atomic E-state index is 13.1. The van der Waals surface area contributed by atoms with E-state index < -0.39 is 0 Å². The van der Waals surface area contributed by atoms with E-state index in [1.807, 2.05) is 36.0 Å². The molecule has 0 radical (unpaired) electrons. The number of benzene rings is 1. The van der Waals surface area contributed by atoms with E-state index in [0.717, 1.165) is 42.9 Å². The number of piperidine rings is 1. The fourth-order valence-corrected chi connectivity index (χ4v) is 3.48. The number of likely N-dealkylation sites (tertiary alicyclic amines) is 1. The Morgan fingerprint density at radius 1 is 1.29 bits per heavy atom. The highest BCUT2D eigenvalue weighted by Crippen LogP contribution is 2.29. The van der Waals surface area contributed by atoms with Crippen LogP contribution in [0.5, 0.6) is 0 Å². The van der Waals surface area contributed by atoms with Gasteiger partial charge in [0.2, 0.25) is 5.91 Å². The van der Waals surface area contributed by atoms with Crippen molar-refractivity contribution in [3.8, 4) is 0 Å². The molecule has 1 fully saturated rings. The third-order valence-electron chi connectivity index (χ3n) is 4.86. The van der Waals surface area contributed by atoms with Gasteiger partial charge < -0.3 is 4.90 Å². The molecule has 1 atom stereocenters. The minimum atomic E-state index is -0.229. The third-order valence-corrected chi connectivity index (χ3v) is 4.86. The molecule has 3 rings (SSSR count). The van der Waals surface area contributed by atoms with Gasteiger partial charge in [0.05, 0.1) is 0 Å². The molecule has 1 amide bonds. The summed E-state index contributed by atoms with van der Waals surface area (Å²) in [6, 6.07) is 7.91. The van der Waals surface area contributed by atoms with Gasteiger partial charge in [-0.05, 0) is 45.0 Å². The van der Waals surface area contributed by atoms with Crippen molar-refractivity contribution in [2.24, 2.45) is 0 Å². The van der Waals surface area contributed by atoms with Gasteiger partial charge >= 0.3 is 0 Å². The third kappa shape index (κ3) is 3.33.